The minimum atomic E-state index is -4.71. The van der Waals surface area contributed by atoms with E-state index < -0.39 is 11.9 Å². The van der Waals surface area contributed by atoms with Crippen molar-refractivity contribution >= 4 is 46.8 Å². The quantitative estimate of drug-likeness (QED) is 0.113. The van der Waals surface area contributed by atoms with Gasteiger partial charge in [0.25, 0.3) is 5.91 Å². The topological polar surface area (TPSA) is 87.5 Å². The molecule has 5 rings (SSSR count). The van der Waals surface area contributed by atoms with E-state index in [1.165, 1.54) is 12.0 Å². The Morgan fingerprint density at radius 3 is 2.47 bits per heavy atom. The highest BCUT2D eigenvalue weighted by molar-refractivity contribution is 7.98. The molecule has 4 aromatic rings. The summed E-state index contributed by atoms with van der Waals surface area (Å²) in [5.41, 5.74) is 1.64. The summed E-state index contributed by atoms with van der Waals surface area (Å²) in [5, 5.41) is 13.1. The minimum absolute atomic E-state index is 0.0417. The second-order valence-electron chi connectivity index (χ2n) is 9.63. The van der Waals surface area contributed by atoms with Crippen molar-refractivity contribution in [2.24, 2.45) is 0 Å². The molecule has 0 saturated carbocycles. The van der Waals surface area contributed by atoms with Gasteiger partial charge in [-0.2, -0.15) is 18.4 Å². The molecular formula is C33H25F3N4O3S2. The van der Waals surface area contributed by atoms with Crippen LogP contribution in [0.25, 0.3) is 17.2 Å². The number of hydrogen-bond acceptors (Lipinski definition) is 7. The second kappa shape index (κ2) is 13.4. The van der Waals surface area contributed by atoms with Crippen LogP contribution >= 0.6 is 24.0 Å². The Hall–Kier alpha value is -4.86. The van der Waals surface area contributed by atoms with Gasteiger partial charge in [-0.15, -0.1) is 11.8 Å². The maximum atomic E-state index is 13.8. The van der Waals surface area contributed by atoms with E-state index in [1.54, 1.807) is 78.9 Å². The first kappa shape index (κ1) is 31.6. The van der Waals surface area contributed by atoms with E-state index in [4.69, 9.17) is 21.7 Å². The lowest BCUT2D eigenvalue weighted by Crippen LogP contribution is -2.30. The van der Waals surface area contributed by atoms with Gasteiger partial charge < -0.3 is 14.8 Å². The summed E-state index contributed by atoms with van der Waals surface area (Å²) < 4.78 is 52.5. The molecule has 12 heteroatoms. The number of nitrogens with zero attached hydrogens (tertiary/aromatic N) is 3. The molecule has 1 aromatic heterocycles. The van der Waals surface area contributed by atoms with E-state index in [1.807, 2.05) is 13.0 Å². The van der Waals surface area contributed by atoms with Crippen LogP contribution in [-0.4, -0.2) is 29.7 Å². The molecule has 0 radical (unpaired) electrons. The van der Waals surface area contributed by atoms with E-state index in [9.17, 15) is 23.2 Å². The molecule has 0 bridgehead atoms. The number of anilines is 1. The van der Waals surface area contributed by atoms with Crippen molar-refractivity contribution < 1.29 is 27.4 Å². The molecule has 7 nitrogen and oxygen atoms in total. The first-order valence-electron chi connectivity index (χ1n) is 13.6. The highest BCUT2D eigenvalue weighted by Gasteiger charge is 2.35. The van der Waals surface area contributed by atoms with Gasteiger partial charge in [-0.25, -0.2) is 4.98 Å². The van der Waals surface area contributed by atoms with Gasteiger partial charge in [0.1, 0.15) is 34.0 Å². The van der Waals surface area contributed by atoms with Crippen molar-refractivity contribution in [3.05, 3.63) is 107 Å². The average molecular weight is 647 g/mol. The summed E-state index contributed by atoms with van der Waals surface area (Å²) in [5.74, 6) is 0.937. The number of pyridine rings is 1. The van der Waals surface area contributed by atoms with Gasteiger partial charge in [-0.05, 0) is 78.8 Å². The summed E-state index contributed by atoms with van der Waals surface area (Å²) in [4.78, 5) is 18.5. The lowest BCUT2D eigenvalue weighted by atomic mass is 10.0. The number of thiocarbonyl (C=S) groups is 1. The van der Waals surface area contributed by atoms with Gasteiger partial charge in [0, 0.05) is 16.9 Å². The first-order chi connectivity index (χ1) is 21.6. The molecular weight excluding hydrogens is 622 g/mol. The molecule has 1 saturated heterocycles. The lowest BCUT2D eigenvalue weighted by molar-refractivity contribution is -0.141. The SMILES string of the molecule is CCOc1ccc(N2C(=O)/C(=C\c3ccc(OC)c(CSc4nc(C(F)(F)F)cc(-c5ccccc5)c4C#N)c3)NC2=S)cc1. The molecule has 45 heavy (non-hydrogen) atoms. The third-order valence-electron chi connectivity index (χ3n) is 6.74. The Balaban J connectivity index is 1.44. The molecule has 0 atom stereocenters. The Morgan fingerprint density at radius 2 is 1.82 bits per heavy atom. The molecule has 0 unspecified atom stereocenters. The first-order valence-corrected chi connectivity index (χ1v) is 15.0. The zero-order chi connectivity index (χ0) is 32.1. The fourth-order valence-corrected chi connectivity index (χ4v) is 5.95. The molecule has 1 fully saturated rings. The van der Waals surface area contributed by atoms with Crippen molar-refractivity contribution in [1.82, 2.24) is 10.3 Å². The Labute approximate surface area is 267 Å². The summed E-state index contributed by atoms with van der Waals surface area (Å²) >= 11 is 6.42. The number of nitriles is 1. The van der Waals surface area contributed by atoms with Crippen LogP contribution < -0.4 is 19.7 Å². The largest absolute Gasteiger partial charge is 0.496 e. The van der Waals surface area contributed by atoms with E-state index in [0.29, 0.717) is 40.5 Å². The maximum absolute atomic E-state index is 13.8. The number of amides is 1. The molecule has 1 amide bonds. The predicted molar refractivity (Wildman–Crippen MR) is 171 cm³/mol. The van der Waals surface area contributed by atoms with Gasteiger partial charge in [0.2, 0.25) is 0 Å². The minimum Gasteiger partial charge on any atom is -0.496 e. The third kappa shape index (κ3) is 6.95. The van der Waals surface area contributed by atoms with Gasteiger partial charge in [-0.3, -0.25) is 9.69 Å². The molecule has 228 valence electrons. The molecule has 1 aliphatic rings. The Kier molecular flexibility index (Phi) is 9.41. The summed E-state index contributed by atoms with van der Waals surface area (Å²) in [6.07, 6.45) is -3.08. The molecule has 1 N–H and O–H groups in total. The Morgan fingerprint density at radius 1 is 1.09 bits per heavy atom. The van der Waals surface area contributed by atoms with Crippen molar-refractivity contribution in [2.75, 3.05) is 18.6 Å². The van der Waals surface area contributed by atoms with Crippen LogP contribution in [0, 0.1) is 11.3 Å². The van der Waals surface area contributed by atoms with E-state index >= 15 is 0 Å². The zero-order valence-corrected chi connectivity index (χ0v) is 25.6. The fraction of sp³-hybridized carbons (Fsp3) is 0.152. The van der Waals surface area contributed by atoms with Crippen LogP contribution in [0.2, 0.25) is 0 Å². The highest BCUT2D eigenvalue weighted by atomic mass is 32.2. The van der Waals surface area contributed by atoms with Crippen LogP contribution in [0.1, 0.15) is 29.3 Å². The number of aromatic nitrogens is 1. The maximum Gasteiger partial charge on any atom is 0.433 e. The number of benzene rings is 3. The number of nitrogens with one attached hydrogen (secondary N) is 1. The van der Waals surface area contributed by atoms with Gasteiger partial charge >= 0.3 is 6.18 Å². The van der Waals surface area contributed by atoms with Crippen molar-refractivity contribution in [2.45, 2.75) is 23.9 Å². The van der Waals surface area contributed by atoms with E-state index in [2.05, 4.69) is 10.3 Å². The van der Waals surface area contributed by atoms with Crippen LogP contribution in [0.4, 0.5) is 18.9 Å². The van der Waals surface area contributed by atoms with Crippen LogP contribution in [0.5, 0.6) is 11.5 Å². The van der Waals surface area contributed by atoms with Crippen molar-refractivity contribution in [1.29, 1.82) is 5.26 Å². The standard InChI is InChI=1S/C33H25F3N4O3S2/c1-3-43-24-12-10-23(11-13-24)40-31(41)27(38-32(40)44)16-20-9-14-28(42-2)22(15-20)19-45-30-26(18-37)25(21-7-5-4-6-8-21)17-29(39-30)33(34,35)36/h4-17H,3,19H2,1-2H3,(H,38,44)/b27-16+. The summed E-state index contributed by atoms with van der Waals surface area (Å²) in [6.45, 7) is 2.40. The summed E-state index contributed by atoms with van der Waals surface area (Å²) in [7, 11) is 1.48. The number of rotatable bonds is 9. The monoisotopic (exact) mass is 646 g/mol. The van der Waals surface area contributed by atoms with E-state index in [-0.39, 0.29) is 38.6 Å². The molecule has 0 spiro atoms. The van der Waals surface area contributed by atoms with Gasteiger partial charge in [-0.1, -0.05) is 36.4 Å². The number of alkyl halides is 3. The van der Waals surface area contributed by atoms with Crippen molar-refractivity contribution in [3.8, 4) is 28.7 Å². The summed E-state index contributed by atoms with van der Waals surface area (Å²) in [6, 6.07) is 23.5. The third-order valence-corrected chi connectivity index (χ3v) is 8.05. The molecule has 2 heterocycles. The molecule has 1 aliphatic heterocycles. The number of thioether (sulfide) groups is 1. The van der Waals surface area contributed by atoms with Crippen LogP contribution in [-0.2, 0) is 16.7 Å². The number of ether oxygens (including phenoxy) is 2. The normalized spacial score (nSPS) is 14.0. The molecule has 3 aromatic carbocycles. The predicted octanol–water partition coefficient (Wildman–Crippen LogP) is 7.60. The zero-order valence-electron chi connectivity index (χ0n) is 24.0. The average Bonchev–Trinajstić information content (AvgIpc) is 3.31. The number of carbonyl (C=O) groups is 1. The second-order valence-corrected chi connectivity index (χ2v) is 11.0. The fourth-order valence-electron chi connectivity index (χ4n) is 4.67. The lowest BCUT2D eigenvalue weighted by Gasteiger charge is -2.15. The smallest absolute Gasteiger partial charge is 0.433 e. The molecule has 0 aliphatic carbocycles. The van der Waals surface area contributed by atoms with E-state index in [0.717, 1.165) is 17.8 Å². The van der Waals surface area contributed by atoms with Crippen molar-refractivity contribution in [3.63, 3.8) is 0 Å². The number of carbonyl (C=O) groups excluding carboxylic acids is 1. The highest BCUT2D eigenvalue weighted by Crippen LogP contribution is 2.38. The van der Waals surface area contributed by atoms with Crippen LogP contribution in [0.3, 0.4) is 0 Å². The number of halogens is 3. The number of methoxy groups -OCH3 is 1. The Bertz CT molecular complexity index is 1820. The van der Waals surface area contributed by atoms with Crippen LogP contribution in [0.15, 0.2) is 89.6 Å². The van der Waals surface area contributed by atoms with Gasteiger partial charge in [0.15, 0.2) is 5.11 Å². The van der Waals surface area contributed by atoms with Gasteiger partial charge in [0.05, 0.1) is 25.0 Å². The number of hydrogen-bond donors (Lipinski definition) is 1.